The van der Waals surface area contributed by atoms with Crippen molar-refractivity contribution in [2.75, 3.05) is 10.1 Å². The van der Waals surface area contributed by atoms with Gasteiger partial charge in [0.25, 0.3) is 0 Å². The predicted octanol–water partition coefficient (Wildman–Crippen LogP) is 10.2. The van der Waals surface area contributed by atoms with E-state index in [9.17, 15) is 0 Å². The van der Waals surface area contributed by atoms with Crippen LogP contribution < -0.4 is 10.1 Å². The summed E-state index contributed by atoms with van der Waals surface area (Å²) in [5.41, 5.74) is 7.35. The van der Waals surface area contributed by atoms with Crippen molar-refractivity contribution in [2.24, 2.45) is 0 Å². The summed E-state index contributed by atoms with van der Waals surface area (Å²) >= 11 is 1.65. The van der Waals surface area contributed by atoms with Crippen LogP contribution in [0, 0.1) is 12.1 Å². The van der Waals surface area contributed by atoms with Crippen LogP contribution in [-0.4, -0.2) is 14.5 Å². The second-order valence-corrected chi connectivity index (χ2v) is 12.2. The molecule has 5 aromatic carbocycles. The van der Waals surface area contributed by atoms with Gasteiger partial charge >= 0.3 is 0 Å². The van der Waals surface area contributed by atoms with Crippen molar-refractivity contribution in [3.8, 4) is 5.82 Å². The van der Waals surface area contributed by atoms with Gasteiger partial charge in [0.2, 0.25) is 0 Å². The number of hydrogen-bond acceptors (Lipinski definition) is 4. The maximum atomic E-state index is 4.98. The average Bonchev–Trinajstić information content (AvgIpc) is 3.61. The van der Waals surface area contributed by atoms with Gasteiger partial charge in [-0.3, -0.25) is 0 Å². The Labute approximate surface area is 281 Å². The van der Waals surface area contributed by atoms with E-state index in [0.29, 0.717) is 5.92 Å². The van der Waals surface area contributed by atoms with Crippen molar-refractivity contribution in [1.82, 2.24) is 9.55 Å². The van der Waals surface area contributed by atoms with E-state index in [4.69, 9.17) is 9.92 Å². The molecule has 0 spiro atoms. The first kappa shape index (κ1) is 29.4. The largest absolute Gasteiger partial charge is 0.319 e. The molecule has 1 aliphatic heterocycles. The fraction of sp³-hybridized carbons (Fsp3) is 0.0789. The predicted molar refractivity (Wildman–Crippen MR) is 180 cm³/mol. The van der Waals surface area contributed by atoms with Crippen LogP contribution in [0.3, 0.4) is 0 Å². The van der Waals surface area contributed by atoms with E-state index in [0.717, 1.165) is 54.8 Å². The molecule has 0 radical (unpaired) electrons. The molecular weight excluding hydrogens is 756 g/mol. The van der Waals surface area contributed by atoms with Gasteiger partial charge in [0.15, 0.2) is 0 Å². The molecule has 0 aliphatic carbocycles. The first-order valence-electron chi connectivity index (χ1n) is 14.7. The minimum Gasteiger partial charge on any atom is -0.319 e. The number of pyridine rings is 1. The zero-order chi connectivity index (χ0) is 29.6. The van der Waals surface area contributed by atoms with Crippen LogP contribution in [0.5, 0.6) is 0 Å². The molecule has 2 aromatic heterocycles. The van der Waals surface area contributed by atoms with E-state index < -0.39 is 0 Å². The Morgan fingerprint density at radius 2 is 1.42 bits per heavy atom. The average molecular weight is 785 g/mol. The van der Waals surface area contributed by atoms with E-state index in [1.165, 1.54) is 10.9 Å². The van der Waals surface area contributed by atoms with E-state index in [1.807, 2.05) is 46.7 Å². The van der Waals surface area contributed by atoms with Gasteiger partial charge in [0, 0.05) is 38.5 Å². The normalized spacial score (nSPS) is 12.6. The molecule has 0 atom stereocenters. The standard InChI is InChI=1S/C38H28N4OS.Pt/c1-26(2)27-21-22-39-38(23-27)40-34-16-7-6-15-32(34)33-20-19-31(25-37(33)40)44-30-14-10-13-29(24-30)42-36-18-9-8-17-35(36)41(43-42)28-11-4-3-5-12-28;/h3-23,26H,1-2H3;/q-2;/p+1. The Morgan fingerprint density at radius 1 is 0.689 bits per heavy atom. The number of para-hydroxylation sites is 4. The SMILES string of the molecule is CC(C)c1ccnc(-n2c3[c-]c(Sc4[c-]c(N5[OH+]N(c6ccccc6)c6ccccc65)ccc4)ccc3c3ccccc32)c1.[Pt]. The molecule has 1 N–H and O–H groups in total. The number of hydrogen-bond donors (Lipinski definition) is 0. The molecule has 0 amide bonds. The summed E-state index contributed by atoms with van der Waals surface area (Å²) in [5.74, 6) is 1.32. The number of nitrogens with zero attached hydrogens (tertiary/aromatic N) is 4. The topological polar surface area (TPSA) is 37.1 Å². The maximum Gasteiger partial charge on any atom is 0.148 e. The van der Waals surface area contributed by atoms with Crippen molar-refractivity contribution >= 4 is 56.3 Å². The van der Waals surface area contributed by atoms with Crippen LogP contribution in [-0.2, 0) is 21.1 Å². The van der Waals surface area contributed by atoms with Crippen LogP contribution in [0.2, 0.25) is 0 Å². The maximum absolute atomic E-state index is 4.98. The summed E-state index contributed by atoms with van der Waals surface area (Å²) in [5, 5.41) is 6.29. The van der Waals surface area contributed by atoms with Crippen molar-refractivity contribution in [3.63, 3.8) is 0 Å². The van der Waals surface area contributed by atoms with E-state index in [-0.39, 0.29) is 21.1 Å². The van der Waals surface area contributed by atoms with Crippen molar-refractivity contribution < 1.29 is 26.0 Å². The Hall–Kier alpha value is -4.35. The van der Waals surface area contributed by atoms with Crippen LogP contribution >= 0.6 is 11.8 Å². The molecule has 8 rings (SSSR count). The van der Waals surface area contributed by atoms with Crippen LogP contribution in [0.25, 0.3) is 27.6 Å². The molecule has 5 nitrogen and oxygen atoms in total. The third-order valence-corrected chi connectivity index (χ3v) is 8.86. The molecule has 224 valence electrons. The minimum absolute atomic E-state index is 0. The molecule has 0 unspecified atom stereocenters. The molecule has 7 heteroatoms. The summed E-state index contributed by atoms with van der Waals surface area (Å²) in [6, 6.07) is 49.2. The monoisotopic (exact) mass is 784 g/mol. The summed E-state index contributed by atoms with van der Waals surface area (Å²) in [7, 11) is 0. The Morgan fingerprint density at radius 3 is 2.24 bits per heavy atom. The van der Waals surface area contributed by atoms with Gasteiger partial charge < -0.3 is 4.57 Å². The molecule has 0 fully saturated rings. The van der Waals surface area contributed by atoms with Gasteiger partial charge in [0.05, 0.1) is 0 Å². The number of aromatic nitrogens is 2. The zero-order valence-electron chi connectivity index (χ0n) is 24.7. The molecular formula is C38H29N4OPtS-. The smallest absolute Gasteiger partial charge is 0.148 e. The molecule has 0 saturated heterocycles. The Bertz CT molecular complexity index is 2150. The summed E-state index contributed by atoms with van der Waals surface area (Å²) in [6.07, 6.45) is 1.91. The Kier molecular flexibility index (Phi) is 7.97. The van der Waals surface area contributed by atoms with Crippen molar-refractivity contribution in [1.29, 1.82) is 0 Å². The number of benzene rings is 5. The first-order chi connectivity index (χ1) is 21.6. The van der Waals surface area contributed by atoms with Gasteiger partial charge in [0.1, 0.15) is 22.9 Å². The van der Waals surface area contributed by atoms with Gasteiger partial charge in [-0.15, -0.1) is 50.2 Å². The summed E-state index contributed by atoms with van der Waals surface area (Å²) in [6.45, 7) is 4.42. The minimum atomic E-state index is 0. The molecule has 3 heterocycles. The quantitative estimate of drug-likeness (QED) is 0.124. The second kappa shape index (κ2) is 12.2. The zero-order valence-corrected chi connectivity index (χ0v) is 27.8. The van der Waals surface area contributed by atoms with Crippen LogP contribution in [0.4, 0.5) is 22.7 Å². The fourth-order valence-corrected chi connectivity index (χ4v) is 6.59. The van der Waals surface area contributed by atoms with Crippen molar-refractivity contribution in [2.45, 2.75) is 29.6 Å². The second-order valence-electron chi connectivity index (χ2n) is 11.1. The van der Waals surface area contributed by atoms with Gasteiger partial charge in [-0.1, -0.05) is 73.0 Å². The van der Waals surface area contributed by atoms with E-state index >= 15 is 0 Å². The third kappa shape index (κ3) is 5.33. The number of anilines is 4. The summed E-state index contributed by atoms with van der Waals surface area (Å²) < 4.78 is 2.24. The van der Waals surface area contributed by atoms with E-state index in [2.05, 4.69) is 122 Å². The van der Waals surface area contributed by atoms with E-state index in [1.54, 1.807) is 11.8 Å². The van der Waals surface area contributed by atoms with Crippen LogP contribution in [0.1, 0.15) is 25.3 Å². The molecule has 0 bridgehead atoms. The summed E-state index contributed by atoms with van der Waals surface area (Å²) in [4.78, 5) is 11.8. The fourth-order valence-electron chi connectivity index (χ4n) is 5.77. The number of fused-ring (bicyclic) bond motifs is 4. The van der Waals surface area contributed by atoms with Gasteiger partial charge in [-0.05, 0) is 59.3 Å². The molecule has 0 saturated carbocycles. The molecule has 1 aliphatic rings. The van der Waals surface area contributed by atoms with Crippen molar-refractivity contribution in [3.05, 3.63) is 145 Å². The van der Waals surface area contributed by atoms with Crippen LogP contribution in [0.15, 0.2) is 137 Å². The molecule has 7 aromatic rings. The number of rotatable bonds is 6. The van der Waals surface area contributed by atoms with Gasteiger partial charge in [-0.25, -0.2) is 4.98 Å². The first-order valence-corrected chi connectivity index (χ1v) is 15.5. The Balaban J connectivity index is 0.00000325. The third-order valence-electron chi connectivity index (χ3n) is 7.94. The molecule has 45 heavy (non-hydrogen) atoms. The van der Waals surface area contributed by atoms with Gasteiger partial charge in [-0.2, -0.15) is 29.2 Å².